The van der Waals surface area contributed by atoms with E-state index in [0.29, 0.717) is 5.56 Å². The molecule has 1 fully saturated rings. The molecule has 1 aliphatic carbocycles. The van der Waals surface area contributed by atoms with Crippen molar-refractivity contribution in [3.05, 3.63) is 34.9 Å². The molecule has 1 spiro atoms. The summed E-state index contributed by atoms with van der Waals surface area (Å²) in [5.74, 6) is -0.245. The van der Waals surface area contributed by atoms with Crippen LogP contribution in [-0.2, 0) is 17.6 Å². The van der Waals surface area contributed by atoms with Gasteiger partial charge in [0, 0.05) is 19.2 Å². The van der Waals surface area contributed by atoms with Crippen molar-refractivity contribution >= 4 is 11.8 Å². The van der Waals surface area contributed by atoms with Crippen molar-refractivity contribution in [2.75, 3.05) is 13.6 Å². The van der Waals surface area contributed by atoms with E-state index >= 15 is 0 Å². The highest BCUT2D eigenvalue weighted by atomic mass is 16.5. The molecule has 2 amide bonds. The van der Waals surface area contributed by atoms with Gasteiger partial charge in [0.1, 0.15) is 0 Å². The van der Waals surface area contributed by atoms with Crippen LogP contribution in [-0.4, -0.2) is 35.5 Å². The predicted octanol–water partition coefficient (Wildman–Crippen LogP) is 1.14. The topological polar surface area (TPSA) is 69.6 Å². The molecule has 0 radical (unpaired) electrons. The number of nitrogens with zero attached hydrogens (tertiary/aromatic N) is 1. The Kier molecular flexibility index (Phi) is 3.01. The van der Waals surface area contributed by atoms with E-state index in [1.165, 1.54) is 0 Å². The van der Waals surface area contributed by atoms with Gasteiger partial charge in [-0.15, -0.1) is 0 Å². The number of aryl methyl sites for hydroxylation is 1. The van der Waals surface area contributed by atoms with Gasteiger partial charge in [-0.05, 0) is 48.9 Å². The molecule has 2 N–H and O–H groups in total. The summed E-state index contributed by atoms with van der Waals surface area (Å²) in [6.45, 7) is 0.833. The smallest absolute Gasteiger partial charge is 0.274 e. The monoisotopic (exact) mass is 274 g/mol. The molecule has 1 saturated heterocycles. The van der Waals surface area contributed by atoms with E-state index in [4.69, 9.17) is 5.21 Å². The van der Waals surface area contributed by atoms with Crippen LogP contribution >= 0.6 is 0 Å². The van der Waals surface area contributed by atoms with Gasteiger partial charge in [-0.25, -0.2) is 5.48 Å². The Hall–Kier alpha value is -1.88. The summed E-state index contributed by atoms with van der Waals surface area (Å²) in [4.78, 5) is 25.6. The average Bonchev–Trinajstić information content (AvgIpc) is 2.75. The number of rotatable bonds is 1. The first-order valence-corrected chi connectivity index (χ1v) is 6.87. The number of benzene rings is 1. The zero-order valence-electron chi connectivity index (χ0n) is 11.5. The zero-order valence-corrected chi connectivity index (χ0v) is 11.5. The van der Waals surface area contributed by atoms with Gasteiger partial charge in [0.05, 0.1) is 5.41 Å². The normalized spacial score (nSPS) is 24.9. The van der Waals surface area contributed by atoms with E-state index in [1.54, 1.807) is 11.5 Å². The molecule has 3 rings (SSSR count). The standard InChI is InChI=1S/C15H18N2O3/c1-17-7-6-15(14(17)19)5-4-10-8-11(13(18)16-20)2-3-12(10)9-15/h2-3,8,20H,4-7,9H2,1H3,(H,16,18)/t15-/m1/s1. The summed E-state index contributed by atoms with van der Waals surface area (Å²) in [5, 5.41) is 8.67. The molecular weight excluding hydrogens is 256 g/mol. The van der Waals surface area contributed by atoms with E-state index in [1.807, 2.05) is 24.1 Å². The zero-order chi connectivity index (χ0) is 14.3. The SMILES string of the molecule is CN1CC[C@@]2(CCc3cc(C(=O)NO)ccc3C2)C1=O. The maximum atomic E-state index is 12.3. The fourth-order valence-electron chi connectivity index (χ4n) is 3.45. The highest BCUT2D eigenvalue weighted by Gasteiger charge is 2.46. The minimum absolute atomic E-state index is 0.234. The third-order valence-electron chi connectivity index (χ3n) is 4.70. The van der Waals surface area contributed by atoms with E-state index in [0.717, 1.165) is 43.4 Å². The Balaban J connectivity index is 1.90. The summed E-state index contributed by atoms with van der Waals surface area (Å²) in [6, 6.07) is 5.43. The highest BCUT2D eigenvalue weighted by Crippen LogP contribution is 2.43. The lowest BCUT2D eigenvalue weighted by molar-refractivity contribution is -0.135. The lowest BCUT2D eigenvalue weighted by Gasteiger charge is -2.33. The van der Waals surface area contributed by atoms with Gasteiger partial charge in [0.25, 0.3) is 5.91 Å². The molecule has 2 aliphatic rings. The van der Waals surface area contributed by atoms with Crippen LogP contribution in [0.5, 0.6) is 0 Å². The largest absolute Gasteiger partial charge is 0.345 e. The van der Waals surface area contributed by atoms with Crippen LogP contribution in [0.3, 0.4) is 0 Å². The van der Waals surface area contributed by atoms with Gasteiger partial charge < -0.3 is 4.90 Å². The van der Waals surface area contributed by atoms with E-state index in [2.05, 4.69) is 0 Å². The van der Waals surface area contributed by atoms with Crippen LogP contribution in [0.25, 0.3) is 0 Å². The summed E-state index contributed by atoms with van der Waals surface area (Å²) >= 11 is 0. The summed E-state index contributed by atoms with van der Waals surface area (Å²) in [6.07, 6.45) is 3.32. The van der Waals surface area contributed by atoms with Crippen molar-refractivity contribution in [3.8, 4) is 0 Å². The Morgan fingerprint density at radius 3 is 2.80 bits per heavy atom. The van der Waals surface area contributed by atoms with Crippen LogP contribution in [0, 0.1) is 5.41 Å². The number of hydrogen-bond donors (Lipinski definition) is 2. The molecule has 1 heterocycles. The average molecular weight is 274 g/mol. The fourth-order valence-corrected chi connectivity index (χ4v) is 3.45. The maximum absolute atomic E-state index is 12.3. The van der Waals surface area contributed by atoms with Crippen molar-refractivity contribution in [2.24, 2.45) is 5.41 Å². The van der Waals surface area contributed by atoms with Crippen molar-refractivity contribution < 1.29 is 14.8 Å². The third kappa shape index (κ3) is 1.89. The minimum Gasteiger partial charge on any atom is -0.345 e. The molecule has 1 aromatic carbocycles. The molecule has 1 aliphatic heterocycles. The molecule has 0 bridgehead atoms. The third-order valence-corrected chi connectivity index (χ3v) is 4.70. The second kappa shape index (κ2) is 4.59. The molecule has 5 heteroatoms. The molecule has 0 saturated carbocycles. The van der Waals surface area contributed by atoms with Crippen LogP contribution in [0.1, 0.15) is 34.3 Å². The maximum Gasteiger partial charge on any atom is 0.274 e. The van der Waals surface area contributed by atoms with Crippen molar-refractivity contribution in [1.82, 2.24) is 10.4 Å². The Bertz CT molecular complexity index is 584. The van der Waals surface area contributed by atoms with Gasteiger partial charge in [-0.1, -0.05) is 6.07 Å². The minimum atomic E-state index is -0.496. The number of hydroxylamine groups is 1. The van der Waals surface area contributed by atoms with Crippen LogP contribution < -0.4 is 5.48 Å². The summed E-state index contributed by atoms with van der Waals surface area (Å²) < 4.78 is 0. The number of nitrogens with one attached hydrogen (secondary N) is 1. The molecule has 5 nitrogen and oxygen atoms in total. The first-order valence-electron chi connectivity index (χ1n) is 6.87. The van der Waals surface area contributed by atoms with Gasteiger partial charge in [-0.3, -0.25) is 14.8 Å². The lowest BCUT2D eigenvalue weighted by atomic mass is 9.70. The van der Waals surface area contributed by atoms with Gasteiger partial charge in [-0.2, -0.15) is 0 Å². The number of likely N-dealkylation sites (tertiary alicyclic amines) is 1. The number of hydrogen-bond acceptors (Lipinski definition) is 3. The summed E-state index contributed by atoms with van der Waals surface area (Å²) in [5.41, 5.74) is 4.13. The molecular formula is C15H18N2O3. The van der Waals surface area contributed by atoms with Crippen LogP contribution in [0.4, 0.5) is 0 Å². The van der Waals surface area contributed by atoms with Gasteiger partial charge >= 0.3 is 0 Å². The Morgan fingerprint density at radius 2 is 2.15 bits per heavy atom. The molecule has 1 atom stereocenters. The highest BCUT2D eigenvalue weighted by molar-refractivity contribution is 5.93. The van der Waals surface area contributed by atoms with Gasteiger partial charge in [0.15, 0.2) is 0 Å². The number of carbonyl (C=O) groups excluding carboxylic acids is 2. The Morgan fingerprint density at radius 1 is 1.35 bits per heavy atom. The number of fused-ring (bicyclic) bond motifs is 1. The van der Waals surface area contributed by atoms with Crippen molar-refractivity contribution in [1.29, 1.82) is 0 Å². The number of amides is 2. The van der Waals surface area contributed by atoms with E-state index < -0.39 is 5.91 Å². The second-order valence-electron chi connectivity index (χ2n) is 5.86. The summed E-state index contributed by atoms with van der Waals surface area (Å²) in [7, 11) is 1.86. The van der Waals surface area contributed by atoms with E-state index in [9.17, 15) is 9.59 Å². The van der Waals surface area contributed by atoms with E-state index in [-0.39, 0.29) is 11.3 Å². The van der Waals surface area contributed by atoms with Gasteiger partial charge in [0.2, 0.25) is 5.91 Å². The predicted molar refractivity (Wildman–Crippen MR) is 72.4 cm³/mol. The molecule has 106 valence electrons. The van der Waals surface area contributed by atoms with Crippen molar-refractivity contribution in [3.63, 3.8) is 0 Å². The first-order chi connectivity index (χ1) is 9.55. The molecule has 0 aromatic heterocycles. The molecule has 0 unspecified atom stereocenters. The van der Waals surface area contributed by atoms with Crippen LogP contribution in [0.2, 0.25) is 0 Å². The lowest BCUT2D eigenvalue weighted by Crippen LogP contribution is -2.37. The molecule has 1 aromatic rings. The quantitative estimate of drug-likeness (QED) is 0.596. The second-order valence-corrected chi connectivity index (χ2v) is 5.86. The number of carbonyl (C=O) groups is 2. The first kappa shape index (κ1) is 13.1. The van der Waals surface area contributed by atoms with Crippen LogP contribution in [0.15, 0.2) is 18.2 Å². The Labute approximate surface area is 117 Å². The van der Waals surface area contributed by atoms with Crippen molar-refractivity contribution in [2.45, 2.75) is 25.7 Å². The molecule has 20 heavy (non-hydrogen) atoms. The fraction of sp³-hybridized carbons (Fsp3) is 0.467.